The van der Waals surface area contributed by atoms with Crippen molar-refractivity contribution in [3.05, 3.63) is 59.0 Å². The summed E-state index contributed by atoms with van der Waals surface area (Å²) in [6.45, 7) is 2.12. The fourth-order valence-corrected chi connectivity index (χ4v) is 1.88. The number of nitrogens with one attached hydrogen (secondary N) is 1. The summed E-state index contributed by atoms with van der Waals surface area (Å²) >= 11 is 0. The summed E-state index contributed by atoms with van der Waals surface area (Å²) in [6.07, 6.45) is 0.0299. The number of hydrogen-bond acceptors (Lipinski definition) is 3. The third-order valence-electron chi connectivity index (χ3n) is 2.85. The van der Waals surface area contributed by atoms with E-state index in [4.69, 9.17) is 9.52 Å². The van der Waals surface area contributed by atoms with Gasteiger partial charge in [-0.05, 0) is 30.7 Å². The van der Waals surface area contributed by atoms with Crippen LogP contribution in [0.4, 0.5) is 0 Å². The van der Waals surface area contributed by atoms with Crippen LogP contribution in [0, 0.1) is 6.92 Å². The third-order valence-corrected chi connectivity index (χ3v) is 2.85. The van der Waals surface area contributed by atoms with E-state index in [1.165, 1.54) is 6.07 Å². The summed E-state index contributed by atoms with van der Waals surface area (Å²) in [6, 6.07) is 10.1. The molecule has 1 aromatic carbocycles. The molecule has 2 N–H and O–H groups in total. The van der Waals surface area contributed by atoms with E-state index in [2.05, 4.69) is 5.32 Å². The van der Waals surface area contributed by atoms with Crippen LogP contribution in [0.15, 0.2) is 40.8 Å². The van der Waals surface area contributed by atoms with E-state index >= 15 is 0 Å². The van der Waals surface area contributed by atoms with Crippen LogP contribution in [0.3, 0.4) is 0 Å². The zero-order valence-corrected chi connectivity index (χ0v) is 11.1. The molecule has 0 saturated carbocycles. The van der Waals surface area contributed by atoms with Gasteiger partial charge in [-0.25, -0.2) is 4.79 Å². The number of aromatic carboxylic acids is 1. The topological polar surface area (TPSA) is 79.5 Å². The van der Waals surface area contributed by atoms with Gasteiger partial charge in [0.15, 0.2) is 0 Å². The number of amides is 1. The van der Waals surface area contributed by atoms with Gasteiger partial charge in [-0.1, -0.05) is 18.2 Å². The van der Waals surface area contributed by atoms with Crippen molar-refractivity contribution >= 4 is 11.9 Å². The van der Waals surface area contributed by atoms with Gasteiger partial charge in [0.05, 0.1) is 18.5 Å². The lowest BCUT2D eigenvalue weighted by atomic mass is 10.0. The Balaban J connectivity index is 1.96. The van der Waals surface area contributed by atoms with Gasteiger partial charge in [0.1, 0.15) is 11.5 Å². The van der Waals surface area contributed by atoms with Gasteiger partial charge >= 0.3 is 5.97 Å². The van der Waals surface area contributed by atoms with Crippen LogP contribution in [0.25, 0.3) is 0 Å². The van der Waals surface area contributed by atoms with Gasteiger partial charge in [0, 0.05) is 0 Å². The van der Waals surface area contributed by atoms with Crippen molar-refractivity contribution < 1.29 is 19.1 Å². The zero-order chi connectivity index (χ0) is 14.5. The number of benzene rings is 1. The van der Waals surface area contributed by atoms with Gasteiger partial charge in [-0.15, -0.1) is 0 Å². The molecule has 0 unspecified atom stereocenters. The smallest absolute Gasteiger partial charge is 0.335 e. The monoisotopic (exact) mass is 273 g/mol. The quantitative estimate of drug-likeness (QED) is 0.874. The van der Waals surface area contributed by atoms with Crippen LogP contribution in [0.2, 0.25) is 0 Å². The SMILES string of the molecule is Cc1ccc(CNC(=O)Cc2ccccc2C(=O)O)o1. The maximum Gasteiger partial charge on any atom is 0.335 e. The number of carbonyl (C=O) groups is 2. The van der Waals surface area contributed by atoms with E-state index in [1.807, 2.05) is 13.0 Å². The molecule has 0 radical (unpaired) electrons. The molecule has 5 nitrogen and oxygen atoms in total. The van der Waals surface area contributed by atoms with E-state index in [0.29, 0.717) is 17.9 Å². The average Bonchev–Trinajstić information content (AvgIpc) is 2.83. The van der Waals surface area contributed by atoms with Crippen LogP contribution in [-0.4, -0.2) is 17.0 Å². The van der Waals surface area contributed by atoms with E-state index in [0.717, 1.165) is 5.76 Å². The van der Waals surface area contributed by atoms with Crippen LogP contribution in [0.5, 0.6) is 0 Å². The molecule has 104 valence electrons. The highest BCUT2D eigenvalue weighted by Crippen LogP contribution is 2.10. The Morgan fingerprint density at radius 1 is 1.20 bits per heavy atom. The summed E-state index contributed by atoms with van der Waals surface area (Å²) in [5.41, 5.74) is 0.643. The molecule has 0 aliphatic carbocycles. The molecule has 0 atom stereocenters. The first kappa shape index (κ1) is 13.9. The minimum atomic E-state index is -1.03. The first-order valence-electron chi connectivity index (χ1n) is 6.19. The fourth-order valence-electron chi connectivity index (χ4n) is 1.88. The Morgan fingerprint density at radius 3 is 2.60 bits per heavy atom. The number of furan rings is 1. The van der Waals surface area contributed by atoms with Crippen molar-refractivity contribution in [2.75, 3.05) is 0 Å². The first-order chi connectivity index (χ1) is 9.56. The number of aryl methyl sites for hydroxylation is 1. The van der Waals surface area contributed by atoms with Crippen molar-refractivity contribution in [3.8, 4) is 0 Å². The molecule has 0 spiro atoms. The van der Waals surface area contributed by atoms with Crippen molar-refractivity contribution in [1.82, 2.24) is 5.32 Å². The summed E-state index contributed by atoms with van der Waals surface area (Å²) in [4.78, 5) is 22.9. The number of carboxylic acids is 1. The van der Waals surface area contributed by atoms with E-state index in [9.17, 15) is 9.59 Å². The minimum Gasteiger partial charge on any atom is -0.478 e. The molecule has 0 aliphatic heterocycles. The minimum absolute atomic E-state index is 0.0299. The van der Waals surface area contributed by atoms with Crippen LogP contribution < -0.4 is 5.32 Å². The van der Waals surface area contributed by atoms with Crippen molar-refractivity contribution in [2.24, 2.45) is 0 Å². The van der Waals surface area contributed by atoms with Gasteiger partial charge in [0.2, 0.25) is 5.91 Å². The Hall–Kier alpha value is -2.56. The molecule has 1 aromatic heterocycles. The second kappa shape index (κ2) is 6.06. The standard InChI is InChI=1S/C15H15NO4/c1-10-6-7-12(20-10)9-16-14(17)8-11-4-2-3-5-13(11)15(18)19/h2-7H,8-9H2,1H3,(H,16,17)(H,18,19). The summed E-state index contributed by atoms with van der Waals surface area (Å²) in [5.74, 6) is 0.177. The van der Waals surface area contributed by atoms with E-state index in [1.54, 1.807) is 24.3 Å². The molecule has 0 aliphatic rings. The van der Waals surface area contributed by atoms with Crippen LogP contribution in [-0.2, 0) is 17.8 Å². The second-order valence-electron chi connectivity index (χ2n) is 4.43. The molecule has 0 fully saturated rings. The maximum absolute atomic E-state index is 11.8. The summed E-state index contributed by atoms with van der Waals surface area (Å²) < 4.78 is 5.34. The number of rotatable bonds is 5. The third kappa shape index (κ3) is 3.47. The van der Waals surface area contributed by atoms with Gasteiger partial charge < -0.3 is 14.8 Å². The molecule has 5 heteroatoms. The lowest BCUT2D eigenvalue weighted by molar-refractivity contribution is -0.120. The Kier molecular flexibility index (Phi) is 4.20. The van der Waals surface area contributed by atoms with Crippen molar-refractivity contribution in [2.45, 2.75) is 19.9 Å². The van der Waals surface area contributed by atoms with Crippen molar-refractivity contribution in [3.63, 3.8) is 0 Å². The van der Waals surface area contributed by atoms with E-state index in [-0.39, 0.29) is 17.9 Å². The summed E-state index contributed by atoms with van der Waals surface area (Å²) in [5, 5.41) is 11.7. The summed E-state index contributed by atoms with van der Waals surface area (Å²) in [7, 11) is 0. The Labute approximate surface area is 116 Å². The Bertz CT molecular complexity index is 630. The molecule has 0 bridgehead atoms. The second-order valence-corrected chi connectivity index (χ2v) is 4.43. The highest BCUT2D eigenvalue weighted by Gasteiger charge is 2.12. The van der Waals surface area contributed by atoms with Gasteiger partial charge in [-0.3, -0.25) is 4.79 Å². The molecule has 2 aromatic rings. The molecule has 0 saturated heterocycles. The molecule has 20 heavy (non-hydrogen) atoms. The molecular weight excluding hydrogens is 258 g/mol. The highest BCUT2D eigenvalue weighted by atomic mass is 16.4. The molecule has 2 rings (SSSR count). The normalized spacial score (nSPS) is 10.2. The molecule has 1 amide bonds. The fraction of sp³-hybridized carbons (Fsp3) is 0.200. The lowest BCUT2D eigenvalue weighted by Crippen LogP contribution is -2.25. The molecule has 1 heterocycles. The number of carboxylic acid groups (broad SMARTS) is 1. The largest absolute Gasteiger partial charge is 0.478 e. The van der Waals surface area contributed by atoms with Gasteiger partial charge in [0.25, 0.3) is 0 Å². The highest BCUT2D eigenvalue weighted by molar-refractivity contribution is 5.91. The van der Waals surface area contributed by atoms with Gasteiger partial charge in [-0.2, -0.15) is 0 Å². The zero-order valence-electron chi connectivity index (χ0n) is 11.1. The van der Waals surface area contributed by atoms with Crippen LogP contribution >= 0.6 is 0 Å². The number of hydrogen-bond donors (Lipinski definition) is 2. The predicted octanol–water partition coefficient (Wildman–Crippen LogP) is 2.15. The van der Waals surface area contributed by atoms with Crippen molar-refractivity contribution in [1.29, 1.82) is 0 Å². The lowest BCUT2D eigenvalue weighted by Gasteiger charge is -2.06. The Morgan fingerprint density at radius 2 is 1.95 bits per heavy atom. The van der Waals surface area contributed by atoms with Crippen LogP contribution in [0.1, 0.15) is 27.4 Å². The maximum atomic E-state index is 11.8. The number of carbonyl (C=O) groups excluding carboxylic acids is 1. The average molecular weight is 273 g/mol. The molecular formula is C15H15NO4. The van der Waals surface area contributed by atoms with E-state index < -0.39 is 5.97 Å². The predicted molar refractivity (Wildman–Crippen MR) is 72.4 cm³/mol. The first-order valence-corrected chi connectivity index (χ1v) is 6.19.